The molecule has 0 N–H and O–H groups in total. The van der Waals surface area contributed by atoms with Crippen LogP contribution in [-0.4, -0.2) is 19.5 Å². The third kappa shape index (κ3) is 4.71. The van der Waals surface area contributed by atoms with E-state index in [-0.39, 0.29) is 0 Å². The van der Waals surface area contributed by atoms with Crippen LogP contribution < -0.4 is 0 Å². The Morgan fingerprint density at radius 2 is 0.978 bits per heavy atom. The van der Waals surface area contributed by atoms with Crippen LogP contribution in [0.25, 0.3) is 72.8 Å². The van der Waals surface area contributed by atoms with Crippen molar-refractivity contribution in [3.05, 3.63) is 157 Å². The van der Waals surface area contributed by atoms with Crippen molar-refractivity contribution in [3.8, 4) is 57.0 Å². The zero-order valence-electron chi connectivity index (χ0n) is 24.2. The standard InChI is InChI=1S/C40H25N5/c41-26-27-22-23-37(45-35-20-9-7-18-32(35)33-19-8-10-21-36(33)45)34(24-27)40-43-38(29-14-5-2-6-15-29)42-39(44-40)31-17-11-16-30(25-31)28-12-3-1-4-13-28/h1-25H. The minimum absolute atomic E-state index is 0.498. The van der Waals surface area contributed by atoms with Gasteiger partial charge in [-0.1, -0.05) is 115 Å². The van der Waals surface area contributed by atoms with Crippen molar-refractivity contribution in [1.29, 1.82) is 5.26 Å². The summed E-state index contributed by atoms with van der Waals surface area (Å²) < 4.78 is 2.24. The topological polar surface area (TPSA) is 67.4 Å². The molecule has 0 aliphatic carbocycles. The lowest BCUT2D eigenvalue weighted by molar-refractivity contribution is 1.06. The zero-order chi connectivity index (χ0) is 30.2. The van der Waals surface area contributed by atoms with E-state index in [9.17, 15) is 5.26 Å². The van der Waals surface area contributed by atoms with Gasteiger partial charge in [0.1, 0.15) is 0 Å². The van der Waals surface area contributed by atoms with Crippen molar-refractivity contribution in [2.75, 3.05) is 0 Å². The second-order valence-electron chi connectivity index (χ2n) is 10.8. The lowest BCUT2D eigenvalue weighted by atomic mass is 10.0. The molecular formula is C40H25N5. The zero-order valence-corrected chi connectivity index (χ0v) is 24.2. The van der Waals surface area contributed by atoms with E-state index >= 15 is 0 Å². The van der Waals surface area contributed by atoms with Gasteiger partial charge in [0.25, 0.3) is 0 Å². The van der Waals surface area contributed by atoms with Crippen molar-refractivity contribution in [3.63, 3.8) is 0 Å². The highest BCUT2D eigenvalue weighted by atomic mass is 15.1. The Balaban J connectivity index is 1.40. The third-order valence-electron chi connectivity index (χ3n) is 8.08. The van der Waals surface area contributed by atoms with Gasteiger partial charge in [0.2, 0.25) is 0 Å². The van der Waals surface area contributed by atoms with E-state index < -0.39 is 0 Å². The number of fused-ring (bicyclic) bond motifs is 3. The first-order valence-corrected chi connectivity index (χ1v) is 14.8. The molecule has 5 nitrogen and oxygen atoms in total. The molecule has 0 saturated heterocycles. The van der Waals surface area contributed by atoms with Gasteiger partial charge in [-0.3, -0.25) is 0 Å². The second-order valence-corrected chi connectivity index (χ2v) is 10.8. The molecule has 0 unspecified atom stereocenters. The second kappa shape index (κ2) is 11.0. The van der Waals surface area contributed by atoms with Crippen LogP contribution in [0.5, 0.6) is 0 Å². The van der Waals surface area contributed by atoms with Crippen LogP contribution >= 0.6 is 0 Å². The summed E-state index contributed by atoms with van der Waals surface area (Å²) in [6.45, 7) is 0. The fourth-order valence-electron chi connectivity index (χ4n) is 5.97. The molecule has 2 heterocycles. The molecule has 5 heteroatoms. The van der Waals surface area contributed by atoms with Crippen LogP contribution in [0.15, 0.2) is 152 Å². The average Bonchev–Trinajstić information content (AvgIpc) is 3.46. The van der Waals surface area contributed by atoms with Gasteiger partial charge in [0.15, 0.2) is 17.5 Å². The smallest absolute Gasteiger partial charge is 0.166 e. The molecule has 8 aromatic rings. The van der Waals surface area contributed by atoms with Gasteiger partial charge in [-0.15, -0.1) is 0 Å². The number of nitrogens with zero attached hydrogens (tertiary/aromatic N) is 5. The molecule has 6 aromatic carbocycles. The fraction of sp³-hybridized carbons (Fsp3) is 0. The lowest BCUT2D eigenvalue weighted by Gasteiger charge is -2.15. The van der Waals surface area contributed by atoms with Crippen LogP contribution in [0.2, 0.25) is 0 Å². The normalized spacial score (nSPS) is 11.1. The molecule has 0 spiro atoms. The molecule has 8 rings (SSSR count). The maximum Gasteiger partial charge on any atom is 0.166 e. The first-order chi connectivity index (χ1) is 22.3. The summed E-state index contributed by atoms with van der Waals surface area (Å²) in [5, 5.41) is 12.3. The molecule has 0 fully saturated rings. The number of hydrogen-bond donors (Lipinski definition) is 0. The van der Waals surface area contributed by atoms with E-state index in [0.29, 0.717) is 23.0 Å². The lowest BCUT2D eigenvalue weighted by Crippen LogP contribution is -2.04. The van der Waals surface area contributed by atoms with Gasteiger partial charge in [-0.25, -0.2) is 15.0 Å². The summed E-state index contributed by atoms with van der Waals surface area (Å²) >= 11 is 0. The number of hydrogen-bond acceptors (Lipinski definition) is 4. The SMILES string of the molecule is N#Cc1ccc(-n2c3ccccc3c3ccccc32)c(-c2nc(-c3ccccc3)nc(-c3cccc(-c4ccccc4)c3)n2)c1. The Morgan fingerprint density at radius 1 is 0.444 bits per heavy atom. The molecule has 2 aromatic heterocycles. The van der Waals surface area contributed by atoms with Gasteiger partial charge in [-0.05, 0) is 47.5 Å². The summed E-state index contributed by atoms with van der Waals surface area (Å²) in [5.41, 5.74) is 8.27. The Labute approximate surface area is 260 Å². The summed E-state index contributed by atoms with van der Waals surface area (Å²) in [6.07, 6.45) is 0. The van der Waals surface area contributed by atoms with Crippen LogP contribution in [0.3, 0.4) is 0 Å². The molecule has 0 saturated carbocycles. The molecular weight excluding hydrogens is 550 g/mol. The van der Waals surface area contributed by atoms with Crippen molar-refractivity contribution in [2.45, 2.75) is 0 Å². The average molecular weight is 576 g/mol. The fourth-order valence-corrected chi connectivity index (χ4v) is 5.97. The minimum atomic E-state index is 0.498. The minimum Gasteiger partial charge on any atom is -0.309 e. The maximum atomic E-state index is 9.97. The number of para-hydroxylation sites is 2. The molecule has 210 valence electrons. The number of benzene rings is 6. The van der Waals surface area contributed by atoms with Gasteiger partial charge in [-0.2, -0.15) is 5.26 Å². The van der Waals surface area contributed by atoms with Crippen LogP contribution in [0.1, 0.15) is 5.56 Å². The highest BCUT2D eigenvalue weighted by molar-refractivity contribution is 6.09. The van der Waals surface area contributed by atoms with Crippen LogP contribution in [0, 0.1) is 11.3 Å². The molecule has 0 amide bonds. The van der Waals surface area contributed by atoms with Crippen LogP contribution in [0.4, 0.5) is 0 Å². The van der Waals surface area contributed by atoms with Gasteiger partial charge >= 0.3 is 0 Å². The van der Waals surface area contributed by atoms with E-state index in [4.69, 9.17) is 15.0 Å². The van der Waals surface area contributed by atoms with Crippen LogP contribution in [-0.2, 0) is 0 Å². The Bertz CT molecular complexity index is 2330. The van der Waals surface area contributed by atoms with E-state index in [1.807, 2.05) is 78.9 Å². The number of rotatable bonds is 5. The first-order valence-electron chi connectivity index (χ1n) is 14.8. The number of nitriles is 1. The number of aromatic nitrogens is 4. The van der Waals surface area contributed by atoms with Crippen molar-refractivity contribution >= 4 is 21.8 Å². The predicted molar refractivity (Wildman–Crippen MR) is 181 cm³/mol. The molecule has 0 bridgehead atoms. The molecule has 0 radical (unpaired) electrons. The molecule has 0 aliphatic heterocycles. The molecule has 0 aliphatic rings. The van der Waals surface area contributed by atoms with Gasteiger partial charge < -0.3 is 4.57 Å². The van der Waals surface area contributed by atoms with E-state index in [1.54, 1.807) is 0 Å². The summed E-state index contributed by atoms with van der Waals surface area (Å²) in [4.78, 5) is 15.1. The Kier molecular flexibility index (Phi) is 6.44. The quantitative estimate of drug-likeness (QED) is 0.205. The van der Waals surface area contributed by atoms with Gasteiger partial charge in [0.05, 0.1) is 28.4 Å². The first kappa shape index (κ1) is 26.3. The van der Waals surface area contributed by atoms with Crippen molar-refractivity contribution in [2.24, 2.45) is 0 Å². The summed E-state index contributed by atoms with van der Waals surface area (Å²) in [7, 11) is 0. The predicted octanol–water partition coefficient (Wildman–Crippen LogP) is 9.51. The largest absolute Gasteiger partial charge is 0.309 e. The maximum absolute atomic E-state index is 9.97. The highest BCUT2D eigenvalue weighted by Gasteiger charge is 2.20. The summed E-state index contributed by atoms with van der Waals surface area (Å²) in [6, 6.07) is 53.3. The van der Waals surface area contributed by atoms with E-state index in [1.165, 1.54) is 0 Å². The third-order valence-corrected chi connectivity index (χ3v) is 8.08. The molecule has 0 atom stereocenters. The van der Waals surface area contributed by atoms with Gasteiger partial charge in [0, 0.05) is 27.5 Å². The Morgan fingerprint density at radius 3 is 1.64 bits per heavy atom. The van der Waals surface area contributed by atoms with E-state index in [2.05, 4.69) is 83.4 Å². The summed E-state index contributed by atoms with van der Waals surface area (Å²) in [5.74, 6) is 1.63. The monoisotopic (exact) mass is 575 g/mol. The van der Waals surface area contributed by atoms with E-state index in [0.717, 1.165) is 55.3 Å². The highest BCUT2D eigenvalue weighted by Crippen LogP contribution is 2.37. The Hall–Kier alpha value is -6.38. The van der Waals surface area contributed by atoms with Crippen molar-refractivity contribution < 1.29 is 0 Å². The molecule has 45 heavy (non-hydrogen) atoms. The van der Waals surface area contributed by atoms with Crippen molar-refractivity contribution in [1.82, 2.24) is 19.5 Å².